The normalized spacial score (nSPS) is 14.6. The van der Waals surface area contributed by atoms with Crippen LogP contribution >= 0.6 is 22.7 Å². The standard InChI is InChI=1S/C14H13N3O3S2/c18-11-3-4-12(19)17(11)6-5-15-13(20)10-8-16-14(22-10)9-2-1-7-21-9/h1-2,7-8H,3-6H2,(H,15,20). The van der Waals surface area contributed by atoms with Gasteiger partial charge >= 0.3 is 0 Å². The molecule has 1 saturated heterocycles. The minimum Gasteiger partial charge on any atom is -0.349 e. The van der Waals surface area contributed by atoms with E-state index in [1.165, 1.54) is 16.2 Å². The van der Waals surface area contributed by atoms with Crippen LogP contribution in [0.25, 0.3) is 9.88 Å². The van der Waals surface area contributed by atoms with Gasteiger partial charge in [-0.25, -0.2) is 4.98 Å². The average Bonchev–Trinajstić information content (AvgIpc) is 3.22. The minimum absolute atomic E-state index is 0.169. The first-order chi connectivity index (χ1) is 10.6. The Kier molecular flexibility index (Phi) is 4.30. The molecular weight excluding hydrogens is 322 g/mol. The van der Waals surface area contributed by atoms with E-state index in [0.29, 0.717) is 4.88 Å². The number of carbonyl (C=O) groups excluding carboxylic acids is 3. The SMILES string of the molecule is O=C(NCCN1C(=O)CCC1=O)c1cnc(-c2cccs2)s1. The first-order valence-corrected chi connectivity index (χ1v) is 8.46. The number of carbonyl (C=O) groups is 3. The maximum absolute atomic E-state index is 12.0. The van der Waals surface area contributed by atoms with Crippen molar-refractivity contribution in [3.05, 3.63) is 28.6 Å². The summed E-state index contributed by atoms with van der Waals surface area (Å²) in [6.07, 6.45) is 2.08. The van der Waals surface area contributed by atoms with Gasteiger partial charge in [0.1, 0.15) is 9.88 Å². The molecule has 0 aromatic carbocycles. The van der Waals surface area contributed by atoms with Gasteiger partial charge in [0.05, 0.1) is 11.1 Å². The highest BCUT2D eigenvalue weighted by atomic mass is 32.1. The number of likely N-dealkylation sites (tertiary alicyclic amines) is 1. The molecule has 1 aliphatic heterocycles. The van der Waals surface area contributed by atoms with Gasteiger partial charge in [-0.3, -0.25) is 19.3 Å². The third-order valence-corrected chi connectivity index (χ3v) is 5.27. The van der Waals surface area contributed by atoms with E-state index in [9.17, 15) is 14.4 Å². The highest BCUT2D eigenvalue weighted by Gasteiger charge is 2.28. The van der Waals surface area contributed by atoms with Crippen molar-refractivity contribution in [3.63, 3.8) is 0 Å². The van der Waals surface area contributed by atoms with E-state index in [-0.39, 0.29) is 43.7 Å². The van der Waals surface area contributed by atoms with Crippen LogP contribution in [0.4, 0.5) is 0 Å². The lowest BCUT2D eigenvalue weighted by atomic mass is 10.4. The van der Waals surface area contributed by atoms with Gasteiger partial charge in [-0.1, -0.05) is 6.07 Å². The molecular formula is C14H13N3O3S2. The van der Waals surface area contributed by atoms with Gasteiger partial charge in [0, 0.05) is 25.9 Å². The van der Waals surface area contributed by atoms with Crippen LogP contribution in [0, 0.1) is 0 Å². The lowest BCUT2D eigenvalue weighted by Crippen LogP contribution is -2.37. The summed E-state index contributed by atoms with van der Waals surface area (Å²) in [7, 11) is 0. The topological polar surface area (TPSA) is 79.4 Å². The Morgan fingerprint density at radius 3 is 2.77 bits per heavy atom. The zero-order chi connectivity index (χ0) is 15.5. The molecule has 8 heteroatoms. The predicted molar refractivity (Wildman–Crippen MR) is 83.7 cm³/mol. The average molecular weight is 335 g/mol. The number of nitrogens with zero attached hydrogens (tertiary/aromatic N) is 2. The number of rotatable bonds is 5. The molecule has 0 aliphatic carbocycles. The second-order valence-electron chi connectivity index (χ2n) is 4.70. The number of nitrogens with one attached hydrogen (secondary N) is 1. The van der Waals surface area contributed by atoms with Crippen LogP contribution in [0.15, 0.2) is 23.7 Å². The number of imide groups is 1. The molecule has 1 fully saturated rings. The van der Waals surface area contributed by atoms with Crippen molar-refractivity contribution in [2.45, 2.75) is 12.8 Å². The first-order valence-electron chi connectivity index (χ1n) is 6.76. The van der Waals surface area contributed by atoms with Crippen molar-refractivity contribution in [3.8, 4) is 9.88 Å². The second kappa shape index (κ2) is 6.37. The molecule has 0 spiro atoms. The van der Waals surface area contributed by atoms with Crippen LogP contribution in [0.3, 0.4) is 0 Å². The van der Waals surface area contributed by atoms with Gasteiger partial charge in [0.15, 0.2) is 0 Å². The molecule has 114 valence electrons. The van der Waals surface area contributed by atoms with Crippen molar-refractivity contribution in [2.75, 3.05) is 13.1 Å². The van der Waals surface area contributed by atoms with Gasteiger partial charge in [0.2, 0.25) is 11.8 Å². The van der Waals surface area contributed by atoms with Crippen molar-refractivity contribution < 1.29 is 14.4 Å². The molecule has 2 aromatic rings. The maximum atomic E-state index is 12.0. The maximum Gasteiger partial charge on any atom is 0.263 e. The third-order valence-electron chi connectivity index (χ3n) is 3.24. The van der Waals surface area contributed by atoms with Crippen LogP contribution in [0.5, 0.6) is 0 Å². The molecule has 0 radical (unpaired) electrons. The van der Waals surface area contributed by atoms with E-state index in [2.05, 4.69) is 10.3 Å². The molecule has 1 aliphatic rings. The Bertz CT molecular complexity index is 693. The molecule has 3 heterocycles. The summed E-state index contributed by atoms with van der Waals surface area (Å²) in [6.45, 7) is 0.475. The molecule has 22 heavy (non-hydrogen) atoms. The van der Waals surface area contributed by atoms with Crippen LogP contribution < -0.4 is 5.32 Å². The van der Waals surface area contributed by atoms with E-state index >= 15 is 0 Å². The fourth-order valence-corrected chi connectivity index (χ4v) is 3.77. The molecule has 1 N–H and O–H groups in total. The van der Waals surface area contributed by atoms with Crippen LogP contribution in [-0.4, -0.2) is 40.7 Å². The Balaban J connectivity index is 1.54. The largest absolute Gasteiger partial charge is 0.349 e. The number of hydrogen-bond donors (Lipinski definition) is 1. The Morgan fingerprint density at radius 1 is 1.32 bits per heavy atom. The van der Waals surface area contributed by atoms with E-state index in [1.54, 1.807) is 17.5 Å². The zero-order valence-electron chi connectivity index (χ0n) is 11.6. The number of amides is 3. The monoisotopic (exact) mass is 335 g/mol. The van der Waals surface area contributed by atoms with E-state index in [4.69, 9.17) is 0 Å². The number of thiophene rings is 1. The number of hydrogen-bond acceptors (Lipinski definition) is 6. The fraction of sp³-hybridized carbons (Fsp3) is 0.286. The summed E-state index contributed by atoms with van der Waals surface area (Å²) in [6, 6.07) is 3.89. The molecule has 3 amide bonds. The molecule has 0 saturated carbocycles. The summed E-state index contributed by atoms with van der Waals surface area (Å²) in [4.78, 5) is 41.9. The van der Waals surface area contributed by atoms with E-state index in [1.807, 2.05) is 17.5 Å². The van der Waals surface area contributed by atoms with Gasteiger partial charge in [-0.15, -0.1) is 22.7 Å². The highest BCUT2D eigenvalue weighted by molar-refractivity contribution is 7.21. The Labute approximate surface area is 134 Å². The minimum atomic E-state index is -0.237. The summed E-state index contributed by atoms with van der Waals surface area (Å²) in [5.74, 6) is -0.576. The van der Waals surface area contributed by atoms with Crippen molar-refractivity contribution in [1.29, 1.82) is 0 Å². The Morgan fingerprint density at radius 2 is 2.09 bits per heavy atom. The van der Waals surface area contributed by atoms with E-state index in [0.717, 1.165) is 9.88 Å². The molecule has 0 bridgehead atoms. The van der Waals surface area contributed by atoms with Crippen LogP contribution in [0.2, 0.25) is 0 Å². The first kappa shape index (κ1) is 14.9. The Hall–Kier alpha value is -2.06. The predicted octanol–water partition coefficient (Wildman–Crippen LogP) is 1.75. The summed E-state index contributed by atoms with van der Waals surface area (Å²) in [5.41, 5.74) is 0. The van der Waals surface area contributed by atoms with Crippen LogP contribution in [0.1, 0.15) is 22.5 Å². The number of aromatic nitrogens is 1. The van der Waals surface area contributed by atoms with Crippen LogP contribution in [-0.2, 0) is 9.59 Å². The summed E-state index contributed by atoms with van der Waals surface area (Å²) in [5, 5.41) is 5.48. The second-order valence-corrected chi connectivity index (χ2v) is 6.68. The molecule has 2 aromatic heterocycles. The fourth-order valence-electron chi connectivity index (χ4n) is 2.13. The van der Waals surface area contributed by atoms with Crippen molar-refractivity contribution >= 4 is 40.4 Å². The smallest absolute Gasteiger partial charge is 0.263 e. The van der Waals surface area contributed by atoms with Gasteiger partial charge in [-0.2, -0.15) is 0 Å². The highest BCUT2D eigenvalue weighted by Crippen LogP contribution is 2.28. The van der Waals surface area contributed by atoms with Crippen molar-refractivity contribution in [1.82, 2.24) is 15.2 Å². The third kappa shape index (κ3) is 3.07. The summed E-state index contributed by atoms with van der Waals surface area (Å²) >= 11 is 2.89. The lowest BCUT2D eigenvalue weighted by molar-refractivity contribution is -0.138. The van der Waals surface area contributed by atoms with Gasteiger partial charge < -0.3 is 5.32 Å². The van der Waals surface area contributed by atoms with Gasteiger partial charge in [-0.05, 0) is 11.4 Å². The van der Waals surface area contributed by atoms with Crippen molar-refractivity contribution in [2.24, 2.45) is 0 Å². The molecule has 6 nitrogen and oxygen atoms in total. The zero-order valence-corrected chi connectivity index (χ0v) is 13.2. The molecule has 0 unspecified atom stereocenters. The van der Waals surface area contributed by atoms with E-state index < -0.39 is 0 Å². The lowest BCUT2D eigenvalue weighted by Gasteiger charge is -2.13. The quantitative estimate of drug-likeness (QED) is 0.844. The number of thiazole rings is 1. The molecule has 3 rings (SSSR count). The summed E-state index contributed by atoms with van der Waals surface area (Å²) < 4.78 is 0. The van der Waals surface area contributed by atoms with Gasteiger partial charge in [0.25, 0.3) is 5.91 Å². The molecule has 0 atom stereocenters.